The van der Waals surface area contributed by atoms with Gasteiger partial charge >= 0.3 is 0 Å². The average Bonchev–Trinajstić information content (AvgIpc) is 2.83. The van der Waals surface area contributed by atoms with E-state index in [2.05, 4.69) is 37.9 Å². The maximum Gasteiger partial charge on any atom is 0.264 e. The van der Waals surface area contributed by atoms with Gasteiger partial charge in [0, 0.05) is 0 Å². The van der Waals surface area contributed by atoms with Crippen LogP contribution in [0.3, 0.4) is 0 Å². The molecule has 1 amide bonds. The standard InChI is InChI=1S/C26H46N2O4S2/c1-6-19(2)11-9-12-20(3)13-10-14-21(4)26(32-24(27-31)17-18-33-5)34-28-25(30)22-15-7-8-16-23(22)29/h7-8,15-16,19-21,24,26-27,29,31H,6,9-14,17-18H2,1-5H3,(H,28,30)/t19-,20-,21-,24-,26-/m0/s1. The molecule has 6 nitrogen and oxygen atoms in total. The summed E-state index contributed by atoms with van der Waals surface area (Å²) in [4.78, 5) is 12.6. The van der Waals surface area contributed by atoms with Crippen LogP contribution in [0.2, 0.25) is 0 Å². The second kappa shape index (κ2) is 18.4. The van der Waals surface area contributed by atoms with Crippen LogP contribution in [0.5, 0.6) is 5.75 Å². The second-order valence-corrected chi connectivity index (χ2v) is 11.3. The Balaban J connectivity index is 2.62. The molecule has 0 heterocycles. The minimum absolute atomic E-state index is 0.0525. The van der Waals surface area contributed by atoms with E-state index in [0.29, 0.717) is 12.3 Å². The van der Waals surface area contributed by atoms with Gasteiger partial charge in [-0.15, -0.1) is 0 Å². The van der Waals surface area contributed by atoms with Gasteiger partial charge in [0.2, 0.25) is 0 Å². The van der Waals surface area contributed by atoms with Crippen molar-refractivity contribution < 1.29 is 19.8 Å². The topological polar surface area (TPSA) is 90.8 Å². The van der Waals surface area contributed by atoms with Gasteiger partial charge in [0.25, 0.3) is 5.91 Å². The number of thioether (sulfide) groups is 1. The highest BCUT2D eigenvalue weighted by molar-refractivity contribution is 7.98. The monoisotopic (exact) mass is 514 g/mol. The summed E-state index contributed by atoms with van der Waals surface area (Å²) in [6.45, 7) is 9.05. The van der Waals surface area contributed by atoms with Gasteiger partial charge in [-0.3, -0.25) is 9.52 Å². The maximum absolute atomic E-state index is 12.6. The molecule has 0 fully saturated rings. The van der Waals surface area contributed by atoms with Crippen molar-refractivity contribution in [2.45, 2.75) is 90.7 Å². The van der Waals surface area contributed by atoms with Crippen molar-refractivity contribution in [3.8, 4) is 5.75 Å². The molecule has 0 aliphatic carbocycles. The van der Waals surface area contributed by atoms with E-state index in [1.54, 1.807) is 30.0 Å². The van der Waals surface area contributed by atoms with Crippen LogP contribution in [-0.2, 0) is 4.74 Å². The van der Waals surface area contributed by atoms with Gasteiger partial charge in [0.1, 0.15) is 17.4 Å². The van der Waals surface area contributed by atoms with Crippen molar-refractivity contribution in [2.24, 2.45) is 17.8 Å². The molecule has 34 heavy (non-hydrogen) atoms. The maximum atomic E-state index is 12.6. The fourth-order valence-electron chi connectivity index (χ4n) is 3.75. The Morgan fingerprint density at radius 1 is 1.03 bits per heavy atom. The highest BCUT2D eigenvalue weighted by Gasteiger charge is 2.25. The first-order chi connectivity index (χ1) is 16.3. The quantitative estimate of drug-likeness (QED) is 0.0913. The van der Waals surface area contributed by atoms with Crippen LogP contribution < -0.4 is 10.2 Å². The van der Waals surface area contributed by atoms with Crippen molar-refractivity contribution in [3.05, 3.63) is 29.8 Å². The van der Waals surface area contributed by atoms with Gasteiger partial charge in [0.15, 0.2) is 0 Å². The first kappa shape index (κ1) is 31.1. The molecule has 0 saturated heterocycles. The number of rotatable bonds is 19. The number of benzene rings is 1. The molecule has 0 saturated carbocycles. The van der Waals surface area contributed by atoms with Crippen LogP contribution in [0, 0.1) is 17.8 Å². The number of carbonyl (C=O) groups excluding carboxylic acids is 1. The summed E-state index contributed by atoms with van der Waals surface area (Å²) in [6, 6.07) is 6.48. The largest absolute Gasteiger partial charge is 0.507 e. The van der Waals surface area contributed by atoms with Gasteiger partial charge in [-0.05, 0) is 66.7 Å². The van der Waals surface area contributed by atoms with Crippen molar-refractivity contribution in [3.63, 3.8) is 0 Å². The normalized spacial score (nSPS) is 15.9. The van der Waals surface area contributed by atoms with Crippen LogP contribution in [0.4, 0.5) is 0 Å². The molecule has 8 heteroatoms. The van der Waals surface area contributed by atoms with E-state index in [0.717, 1.165) is 24.5 Å². The predicted molar refractivity (Wildman–Crippen MR) is 145 cm³/mol. The lowest BCUT2D eigenvalue weighted by Gasteiger charge is -2.28. The number of nitrogens with one attached hydrogen (secondary N) is 2. The van der Waals surface area contributed by atoms with E-state index in [1.807, 2.05) is 6.26 Å². The highest BCUT2D eigenvalue weighted by Crippen LogP contribution is 2.28. The molecule has 0 aromatic heterocycles. The van der Waals surface area contributed by atoms with Gasteiger partial charge in [0.05, 0.1) is 5.56 Å². The molecule has 1 aromatic rings. The molecule has 0 unspecified atom stereocenters. The molecule has 4 N–H and O–H groups in total. The zero-order valence-electron chi connectivity index (χ0n) is 21.6. The number of hydroxylamine groups is 1. The number of ether oxygens (including phenoxy) is 1. The van der Waals surface area contributed by atoms with Crippen LogP contribution in [-0.4, -0.2) is 39.9 Å². The summed E-state index contributed by atoms with van der Waals surface area (Å²) < 4.78 is 8.98. The molecule has 1 aromatic carbocycles. The third kappa shape index (κ3) is 12.7. The van der Waals surface area contributed by atoms with Crippen molar-refractivity contribution >= 4 is 29.6 Å². The Hall–Kier alpha value is -0.930. The van der Waals surface area contributed by atoms with Crippen molar-refractivity contribution in [2.75, 3.05) is 12.0 Å². The molecular formula is C26H46N2O4S2. The number of phenols is 1. The van der Waals surface area contributed by atoms with Crippen molar-refractivity contribution in [1.29, 1.82) is 0 Å². The summed E-state index contributed by atoms with van der Waals surface area (Å²) >= 11 is 2.90. The molecule has 0 aliphatic rings. The molecule has 0 aliphatic heterocycles. The Morgan fingerprint density at radius 3 is 2.29 bits per heavy atom. The van der Waals surface area contributed by atoms with Gasteiger partial charge in [-0.2, -0.15) is 17.2 Å². The first-order valence-electron chi connectivity index (χ1n) is 12.6. The van der Waals surface area contributed by atoms with Crippen LogP contribution in [0.25, 0.3) is 0 Å². The van der Waals surface area contributed by atoms with Crippen LogP contribution in [0.1, 0.15) is 89.4 Å². The van der Waals surface area contributed by atoms with Gasteiger partial charge in [-0.1, -0.05) is 78.4 Å². The van der Waals surface area contributed by atoms with E-state index in [1.165, 1.54) is 50.1 Å². The average molecular weight is 515 g/mol. The summed E-state index contributed by atoms with van der Waals surface area (Å²) in [6.07, 6.45) is 10.6. The number of aromatic hydroxyl groups is 1. The minimum atomic E-state index is -0.506. The van der Waals surface area contributed by atoms with E-state index in [4.69, 9.17) is 4.74 Å². The number of carbonyl (C=O) groups is 1. The zero-order chi connectivity index (χ0) is 25.3. The molecule has 1 rings (SSSR count). The Morgan fingerprint density at radius 2 is 1.68 bits per heavy atom. The fourth-order valence-corrected chi connectivity index (χ4v) is 5.09. The molecule has 0 radical (unpaired) electrons. The van der Waals surface area contributed by atoms with E-state index < -0.39 is 6.23 Å². The third-order valence-corrected chi connectivity index (χ3v) is 8.11. The molecule has 5 atom stereocenters. The Bertz CT molecular complexity index is 680. The Kier molecular flexibility index (Phi) is 16.8. The molecule has 196 valence electrons. The smallest absolute Gasteiger partial charge is 0.264 e. The number of para-hydroxylation sites is 1. The summed E-state index contributed by atoms with van der Waals surface area (Å²) in [5.41, 5.74) is 2.16. The zero-order valence-corrected chi connectivity index (χ0v) is 23.2. The van der Waals surface area contributed by atoms with E-state index in [-0.39, 0.29) is 28.6 Å². The third-order valence-electron chi connectivity index (χ3n) is 6.35. The van der Waals surface area contributed by atoms with Crippen LogP contribution in [0.15, 0.2) is 24.3 Å². The molecular weight excluding hydrogens is 468 g/mol. The lowest BCUT2D eigenvalue weighted by atomic mass is 9.92. The number of amides is 1. The SMILES string of the molecule is CC[C@H](C)CCC[C@H](C)CCC[C@H](C)[C@@H](O[C@@H](CCSC)NO)SNC(=O)c1ccccc1O. The first-order valence-corrected chi connectivity index (χ1v) is 14.9. The van der Waals surface area contributed by atoms with Gasteiger partial charge < -0.3 is 15.1 Å². The Labute approximate surface area is 215 Å². The van der Waals surface area contributed by atoms with Crippen LogP contribution >= 0.6 is 23.7 Å². The van der Waals surface area contributed by atoms with Gasteiger partial charge in [-0.25, -0.2) is 0 Å². The van der Waals surface area contributed by atoms with E-state index >= 15 is 0 Å². The lowest BCUT2D eigenvalue weighted by molar-refractivity contribution is -0.0762. The summed E-state index contributed by atoms with van der Waals surface area (Å²) in [7, 11) is 0. The number of hydrogen-bond acceptors (Lipinski definition) is 7. The van der Waals surface area contributed by atoms with E-state index in [9.17, 15) is 15.1 Å². The summed E-state index contributed by atoms with van der Waals surface area (Å²) in [5, 5.41) is 19.5. The molecule has 0 bridgehead atoms. The lowest BCUT2D eigenvalue weighted by Crippen LogP contribution is -2.36. The second-order valence-electron chi connectivity index (χ2n) is 9.43. The number of phenolic OH excluding ortho intramolecular Hbond substituents is 1. The minimum Gasteiger partial charge on any atom is -0.507 e. The fraction of sp³-hybridized carbons (Fsp3) is 0.731. The number of hydrogen-bond donors (Lipinski definition) is 4. The highest BCUT2D eigenvalue weighted by atomic mass is 32.2. The predicted octanol–water partition coefficient (Wildman–Crippen LogP) is 6.83. The molecule has 0 spiro atoms. The summed E-state index contributed by atoms with van der Waals surface area (Å²) in [5.74, 6) is 2.13. The van der Waals surface area contributed by atoms with Crippen molar-refractivity contribution in [1.82, 2.24) is 10.2 Å².